The Kier molecular flexibility index (Phi) is 6.35. The van der Waals surface area contributed by atoms with Crippen molar-refractivity contribution in [1.82, 2.24) is 9.55 Å². The molecule has 1 N–H and O–H groups in total. The van der Waals surface area contributed by atoms with Crippen LogP contribution in [0.4, 0.5) is 5.00 Å². The van der Waals surface area contributed by atoms with E-state index in [4.69, 9.17) is 9.47 Å². The van der Waals surface area contributed by atoms with Gasteiger partial charge in [0.25, 0.3) is 5.56 Å². The first-order valence-electron chi connectivity index (χ1n) is 10.4. The molecule has 0 bridgehead atoms. The molecule has 3 heterocycles. The van der Waals surface area contributed by atoms with E-state index in [2.05, 4.69) is 10.3 Å². The molecule has 0 aromatic carbocycles. The molecule has 1 amide bonds. The van der Waals surface area contributed by atoms with Crippen LogP contribution in [0.25, 0.3) is 10.2 Å². The second-order valence-electron chi connectivity index (χ2n) is 7.73. The average Bonchev–Trinajstić information content (AvgIpc) is 3.32. The maximum atomic E-state index is 13.3. The molecule has 0 spiro atoms. The van der Waals surface area contributed by atoms with Crippen LogP contribution in [-0.4, -0.2) is 41.6 Å². The van der Waals surface area contributed by atoms with Crippen LogP contribution < -0.4 is 10.9 Å². The predicted molar refractivity (Wildman–Crippen MR) is 126 cm³/mol. The summed E-state index contributed by atoms with van der Waals surface area (Å²) < 4.78 is 10.9. The van der Waals surface area contributed by atoms with Crippen LogP contribution in [0.2, 0.25) is 0 Å². The summed E-state index contributed by atoms with van der Waals surface area (Å²) in [4.78, 5) is 57.3. The Balaban J connectivity index is 1.68. The summed E-state index contributed by atoms with van der Waals surface area (Å²) in [6.45, 7) is 3.00. The van der Waals surface area contributed by atoms with Gasteiger partial charge in [0, 0.05) is 4.88 Å². The van der Waals surface area contributed by atoms with Crippen LogP contribution in [0.3, 0.4) is 0 Å². The number of nitrogens with one attached hydrogen (secondary N) is 1. The van der Waals surface area contributed by atoms with Gasteiger partial charge in [0.2, 0.25) is 5.91 Å². The van der Waals surface area contributed by atoms with E-state index in [0.717, 1.165) is 42.6 Å². The highest BCUT2D eigenvalue weighted by Gasteiger charge is 2.27. The van der Waals surface area contributed by atoms with Gasteiger partial charge in [0.1, 0.15) is 27.1 Å². The molecule has 11 heteroatoms. The van der Waals surface area contributed by atoms with Gasteiger partial charge in [-0.3, -0.25) is 14.2 Å². The lowest BCUT2D eigenvalue weighted by atomic mass is 9.97. The number of esters is 2. The number of nitrogens with zero attached hydrogens (tertiary/aromatic N) is 2. The fraction of sp³-hybridized carbons (Fsp3) is 0.409. The second-order valence-corrected chi connectivity index (χ2v) is 9.84. The van der Waals surface area contributed by atoms with Crippen molar-refractivity contribution in [3.05, 3.63) is 42.6 Å². The van der Waals surface area contributed by atoms with Gasteiger partial charge in [-0.2, -0.15) is 0 Å². The molecule has 0 radical (unpaired) electrons. The van der Waals surface area contributed by atoms with Crippen molar-refractivity contribution >= 4 is 55.7 Å². The number of ether oxygens (including phenoxy) is 2. The number of aryl methyl sites for hydroxylation is 3. The summed E-state index contributed by atoms with van der Waals surface area (Å²) in [7, 11) is 2.45. The van der Waals surface area contributed by atoms with Gasteiger partial charge < -0.3 is 14.8 Å². The molecule has 3 aromatic rings. The Bertz CT molecular complexity index is 1350. The Morgan fingerprint density at radius 2 is 1.76 bits per heavy atom. The third kappa shape index (κ3) is 4.06. The minimum absolute atomic E-state index is 0.0841. The quantitative estimate of drug-likeness (QED) is 0.547. The Hall–Kier alpha value is -3.05. The Morgan fingerprint density at radius 1 is 1.06 bits per heavy atom. The van der Waals surface area contributed by atoms with E-state index >= 15 is 0 Å². The molecule has 33 heavy (non-hydrogen) atoms. The molecule has 1 aliphatic rings. The van der Waals surface area contributed by atoms with E-state index in [0.29, 0.717) is 21.6 Å². The number of hydrogen-bond donors (Lipinski definition) is 1. The molecule has 0 aliphatic heterocycles. The third-order valence-corrected chi connectivity index (χ3v) is 8.10. The average molecular weight is 490 g/mol. The van der Waals surface area contributed by atoms with Crippen molar-refractivity contribution in [2.24, 2.45) is 0 Å². The zero-order valence-corrected chi connectivity index (χ0v) is 20.3. The number of amides is 1. The van der Waals surface area contributed by atoms with Crippen LogP contribution in [0.1, 0.15) is 54.7 Å². The van der Waals surface area contributed by atoms with Gasteiger partial charge in [-0.15, -0.1) is 22.7 Å². The highest BCUT2D eigenvalue weighted by atomic mass is 32.1. The van der Waals surface area contributed by atoms with Crippen LogP contribution in [0.5, 0.6) is 0 Å². The fourth-order valence-corrected chi connectivity index (χ4v) is 6.50. The summed E-state index contributed by atoms with van der Waals surface area (Å²) in [5.74, 6) is -1.39. The fourth-order valence-electron chi connectivity index (χ4n) is 4.07. The summed E-state index contributed by atoms with van der Waals surface area (Å²) in [6.07, 6.45) is 3.93. The Labute approximate surface area is 197 Å². The number of carbonyl (C=O) groups is 3. The summed E-state index contributed by atoms with van der Waals surface area (Å²) in [6, 6.07) is 0. The number of anilines is 1. The molecule has 3 aromatic heterocycles. The van der Waals surface area contributed by atoms with Crippen LogP contribution in [-0.2, 0) is 33.7 Å². The number of aromatic nitrogens is 2. The predicted octanol–water partition coefficient (Wildman–Crippen LogP) is 3.23. The number of fused-ring (bicyclic) bond motifs is 3. The van der Waals surface area contributed by atoms with Crippen LogP contribution in [0, 0.1) is 13.8 Å². The molecule has 0 atom stereocenters. The van der Waals surface area contributed by atoms with Gasteiger partial charge in [0.05, 0.1) is 25.2 Å². The topological polar surface area (TPSA) is 117 Å². The number of methoxy groups -OCH3 is 2. The SMILES string of the molecule is COC(=O)c1sc(NC(=O)Cn2c(C)nc3sc4c(c3c2=O)CCCC4)c(C(=O)OC)c1C. The van der Waals surface area contributed by atoms with Crippen LogP contribution >= 0.6 is 22.7 Å². The highest BCUT2D eigenvalue weighted by Crippen LogP contribution is 2.35. The van der Waals surface area contributed by atoms with E-state index in [1.54, 1.807) is 25.2 Å². The van der Waals surface area contributed by atoms with Crippen molar-refractivity contribution < 1.29 is 23.9 Å². The van der Waals surface area contributed by atoms with E-state index in [-0.39, 0.29) is 27.5 Å². The van der Waals surface area contributed by atoms with E-state index in [1.165, 1.54) is 23.7 Å². The molecule has 4 rings (SSSR count). The first kappa shape index (κ1) is 23.1. The van der Waals surface area contributed by atoms with Crippen molar-refractivity contribution in [3.8, 4) is 0 Å². The van der Waals surface area contributed by atoms with Crippen molar-refractivity contribution in [2.45, 2.75) is 46.1 Å². The summed E-state index contributed by atoms with van der Waals surface area (Å²) >= 11 is 2.48. The largest absolute Gasteiger partial charge is 0.465 e. The first-order valence-corrected chi connectivity index (χ1v) is 12.0. The molecule has 0 saturated heterocycles. The third-order valence-electron chi connectivity index (χ3n) is 5.73. The van der Waals surface area contributed by atoms with E-state index in [9.17, 15) is 19.2 Å². The first-order chi connectivity index (χ1) is 15.8. The zero-order valence-electron chi connectivity index (χ0n) is 18.7. The number of thiophene rings is 2. The van der Waals surface area contributed by atoms with Crippen molar-refractivity contribution in [1.29, 1.82) is 0 Å². The maximum absolute atomic E-state index is 13.3. The van der Waals surface area contributed by atoms with E-state index in [1.807, 2.05) is 0 Å². The minimum atomic E-state index is -0.685. The number of hydrogen-bond acceptors (Lipinski definition) is 9. The van der Waals surface area contributed by atoms with Crippen molar-refractivity contribution in [2.75, 3.05) is 19.5 Å². The standard InChI is InChI=1S/C22H23N3O6S2/c1-10-15(21(28)30-3)18(33-17(10)22(29)31-4)24-14(26)9-25-11(2)23-19-16(20(25)27)12-7-5-6-8-13(12)32-19/h5-9H2,1-4H3,(H,24,26). The van der Waals surface area contributed by atoms with Gasteiger partial charge in [0.15, 0.2) is 0 Å². The number of carbonyl (C=O) groups excluding carboxylic acids is 3. The lowest BCUT2D eigenvalue weighted by Gasteiger charge is -2.12. The lowest BCUT2D eigenvalue weighted by molar-refractivity contribution is -0.116. The zero-order chi connectivity index (χ0) is 23.9. The molecule has 0 saturated carbocycles. The summed E-state index contributed by atoms with van der Waals surface area (Å²) in [5.41, 5.74) is 1.26. The number of rotatable bonds is 5. The maximum Gasteiger partial charge on any atom is 0.348 e. The monoisotopic (exact) mass is 489 g/mol. The molecular weight excluding hydrogens is 466 g/mol. The Morgan fingerprint density at radius 3 is 2.45 bits per heavy atom. The van der Waals surface area contributed by atoms with E-state index < -0.39 is 17.8 Å². The second kappa shape index (κ2) is 9.06. The molecule has 0 fully saturated rings. The molecule has 9 nitrogen and oxygen atoms in total. The molecular formula is C22H23N3O6S2. The smallest absolute Gasteiger partial charge is 0.348 e. The molecule has 0 unspecified atom stereocenters. The van der Waals surface area contributed by atoms with Gasteiger partial charge >= 0.3 is 11.9 Å². The molecule has 1 aliphatic carbocycles. The van der Waals surface area contributed by atoms with Crippen molar-refractivity contribution in [3.63, 3.8) is 0 Å². The van der Waals surface area contributed by atoms with Gasteiger partial charge in [-0.05, 0) is 50.7 Å². The summed E-state index contributed by atoms with van der Waals surface area (Å²) in [5, 5.41) is 3.42. The van der Waals surface area contributed by atoms with Crippen LogP contribution in [0.15, 0.2) is 4.79 Å². The lowest BCUT2D eigenvalue weighted by Crippen LogP contribution is -2.30. The van der Waals surface area contributed by atoms with Gasteiger partial charge in [-0.25, -0.2) is 14.6 Å². The minimum Gasteiger partial charge on any atom is -0.465 e. The van der Waals surface area contributed by atoms with Gasteiger partial charge in [-0.1, -0.05) is 0 Å². The molecule has 174 valence electrons. The highest BCUT2D eigenvalue weighted by molar-refractivity contribution is 7.19. The normalized spacial score (nSPS) is 13.0.